The maximum absolute atomic E-state index is 12.7. The van der Waals surface area contributed by atoms with Crippen LogP contribution in [0.5, 0.6) is 0 Å². The molecule has 55 heavy (non-hydrogen) atoms. The van der Waals surface area contributed by atoms with Gasteiger partial charge in [-0.3, -0.25) is 14.4 Å². The summed E-state index contributed by atoms with van der Waals surface area (Å²) in [5, 5.41) is 0. The molecule has 0 radical (unpaired) electrons. The third-order valence-electron chi connectivity index (χ3n) is 9.51. The highest BCUT2D eigenvalue weighted by atomic mass is 16.6. The summed E-state index contributed by atoms with van der Waals surface area (Å²) in [4.78, 5) is 37.6. The van der Waals surface area contributed by atoms with E-state index >= 15 is 0 Å². The van der Waals surface area contributed by atoms with Crippen LogP contribution < -0.4 is 0 Å². The second-order valence-electron chi connectivity index (χ2n) is 14.9. The number of carbonyl (C=O) groups excluding carboxylic acids is 3. The highest BCUT2D eigenvalue weighted by Gasteiger charge is 2.19. The normalized spacial score (nSPS) is 12.6. The van der Waals surface area contributed by atoms with Crippen LogP contribution in [0.15, 0.2) is 60.8 Å². The molecule has 316 valence electrons. The van der Waals surface area contributed by atoms with E-state index in [1.807, 2.05) is 6.08 Å². The van der Waals surface area contributed by atoms with Crippen molar-refractivity contribution >= 4 is 17.9 Å². The summed E-state index contributed by atoms with van der Waals surface area (Å²) >= 11 is 0. The van der Waals surface area contributed by atoms with Gasteiger partial charge in [-0.1, -0.05) is 171 Å². The van der Waals surface area contributed by atoms with Crippen LogP contribution in [0, 0.1) is 0 Å². The van der Waals surface area contributed by atoms with Crippen LogP contribution in [0.25, 0.3) is 0 Å². The first-order valence-corrected chi connectivity index (χ1v) is 22.8. The summed E-state index contributed by atoms with van der Waals surface area (Å²) in [6.07, 6.45) is 52.4. The van der Waals surface area contributed by atoms with E-state index in [0.717, 1.165) is 83.5 Å². The highest BCUT2D eigenvalue weighted by molar-refractivity contribution is 5.72. The molecule has 0 saturated heterocycles. The molecular weight excluding hydrogens is 685 g/mol. The monoisotopic (exact) mass is 769 g/mol. The third kappa shape index (κ3) is 42.1. The lowest BCUT2D eigenvalue weighted by molar-refractivity contribution is -0.166. The summed E-state index contributed by atoms with van der Waals surface area (Å²) in [6, 6.07) is 0. The Morgan fingerprint density at radius 2 is 0.782 bits per heavy atom. The Morgan fingerprint density at radius 1 is 0.400 bits per heavy atom. The topological polar surface area (TPSA) is 78.9 Å². The van der Waals surface area contributed by atoms with Crippen molar-refractivity contribution in [2.45, 2.75) is 219 Å². The van der Waals surface area contributed by atoms with Gasteiger partial charge in [0, 0.05) is 12.8 Å². The zero-order valence-electron chi connectivity index (χ0n) is 35.9. The summed E-state index contributed by atoms with van der Waals surface area (Å²) in [7, 11) is 0. The number of carbonyl (C=O) groups is 3. The molecule has 1 atom stereocenters. The molecule has 0 saturated carbocycles. The number of ether oxygens (including phenoxy) is 3. The first-order chi connectivity index (χ1) is 27.0. The van der Waals surface area contributed by atoms with Crippen molar-refractivity contribution in [3.63, 3.8) is 0 Å². The van der Waals surface area contributed by atoms with Gasteiger partial charge in [-0.2, -0.15) is 0 Å². The molecule has 0 spiro atoms. The molecular formula is C49H84O6. The van der Waals surface area contributed by atoms with Crippen molar-refractivity contribution < 1.29 is 28.6 Å². The lowest BCUT2D eigenvalue weighted by atomic mass is 10.1. The molecule has 0 rings (SSSR count). The molecule has 0 aliphatic heterocycles. The Labute approximate surface area is 339 Å². The molecule has 0 aliphatic rings. The Hall–Kier alpha value is -2.89. The molecule has 0 amide bonds. The minimum atomic E-state index is -0.820. The molecule has 6 nitrogen and oxygen atoms in total. The van der Waals surface area contributed by atoms with Gasteiger partial charge in [-0.25, -0.2) is 0 Å². The van der Waals surface area contributed by atoms with Crippen LogP contribution in [0.3, 0.4) is 0 Å². The molecule has 6 heteroatoms. The summed E-state index contributed by atoms with van der Waals surface area (Å²) in [5.74, 6) is -1.08. The average Bonchev–Trinajstić information content (AvgIpc) is 3.18. The Kier molecular flexibility index (Phi) is 41.5. The summed E-state index contributed by atoms with van der Waals surface area (Å²) in [6.45, 7) is 6.37. The zero-order valence-corrected chi connectivity index (χ0v) is 35.9. The fourth-order valence-electron chi connectivity index (χ4n) is 6.08. The highest BCUT2D eigenvalue weighted by Crippen LogP contribution is 2.12. The van der Waals surface area contributed by atoms with Crippen molar-refractivity contribution in [2.75, 3.05) is 13.2 Å². The lowest BCUT2D eigenvalue weighted by Gasteiger charge is -2.18. The quantitative estimate of drug-likeness (QED) is 0.0267. The van der Waals surface area contributed by atoms with Gasteiger partial charge in [0.25, 0.3) is 0 Å². The van der Waals surface area contributed by atoms with Gasteiger partial charge in [0.15, 0.2) is 6.10 Å². The fraction of sp³-hybridized carbons (Fsp3) is 0.735. The van der Waals surface area contributed by atoms with E-state index in [4.69, 9.17) is 14.2 Å². The van der Waals surface area contributed by atoms with Gasteiger partial charge in [-0.05, 0) is 83.5 Å². The van der Waals surface area contributed by atoms with Crippen LogP contribution in [0.2, 0.25) is 0 Å². The molecule has 0 bridgehead atoms. The lowest BCUT2D eigenvalue weighted by Crippen LogP contribution is -2.30. The smallest absolute Gasteiger partial charge is 0.309 e. The van der Waals surface area contributed by atoms with Gasteiger partial charge < -0.3 is 14.2 Å². The largest absolute Gasteiger partial charge is 0.462 e. The van der Waals surface area contributed by atoms with Crippen LogP contribution in [0.1, 0.15) is 213 Å². The number of allylic oxidation sites excluding steroid dienone is 9. The van der Waals surface area contributed by atoms with Crippen LogP contribution in [-0.2, 0) is 28.6 Å². The second-order valence-corrected chi connectivity index (χ2v) is 14.9. The van der Waals surface area contributed by atoms with Crippen LogP contribution in [-0.4, -0.2) is 37.2 Å². The SMILES string of the molecule is CC/C=C\C/C=C\C/C=C\CC(=O)OCC(COC(=O)CCCCC/C=C\CCCCCCCCC)OC(=O)CCCCC/C=C\CCCCCCCCC. The van der Waals surface area contributed by atoms with Crippen molar-refractivity contribution in [3.8, 4) is 0 Å². The summed E-state index contributed by atoms with van der Waals surface area (Å²) < 4.78 is 16.5. The number of esters is 3. The number of rotatable bonds is 40. The Bertz CT molecular complexity index is 1020. The Balaban J connectivity index is 4.46. The van der Waals surface area contributed by atoms with E-state index in [2.05, 4.69) is 69.4 Å². The minimum Gasteiger partial charge on any atom is -0.462 e. The zero-order chi connectivity index (χ0) is 40.1. The van der Waals surface area contributed by atoms with Crippen LogP contribution in [0.4, 0.5) is 0 Å². The molecule has 0 fully saturated rings. The first kappa shape index (κ1) is 52.1. The first-order valence-electron chi connectivity index (χ1n) is 22.8. The second kappa shape index (κ2) is 43.8. The number of unbranched alkanes of at least 4 members (excludes halogenated alkanes) is 20. The fourth-order valence-corrected chi connectivity index (χ4v) is 6.08. The number of hydrogen-bond acceptors (Lipinski definition) is 6. The predicted molar refractivity (Wildman–Crippen MR) is 233 cm³/mol. The van der Waals surface area contributed by atoms with Crippen molar-refractivity contribution in [1.82, 2.24) is 0 Å². The van der Waals surface area contributed by atoms with E-state index in [1.54, 1.807) is 6.08 Å². The van der Waals surface area contributed by atoms with E-state index in [1.165, 1.54) is 89.9 Å². The minimum absolute atomic E-state index is 0.115. The van der Waals surface area contributed by atoms with Crippen LogP contribution >= 0.6 is 0 Å². The van der Waals surface area contributed by atoms with Crippen molar-refractivity contribution in [1.29, 1.82) is 0 Å². The molecule has 0 aliphatic carbocycles. The van der Waals surface area contributed by atoms with E-state index < -0.39 is 12.1 Å². The van der Waals surface area contributed by atoms with E-state index in [0.29, 0.717) is 6.42 Å². The summed E-state index contributed by atoms with van der Waals surface area (Å²) in [5.41, 5.74) is 0. The molecule has 0 aromatic rings. The van der Waals surface area contributed by atoms with Crippen molar-refractivity contribution in [2.24, 2.45) is 0 Å². The number of hydrogen-bond donors (Lipinski definition) is 0. The molecule has 0 heterocycles. The predicted octanol–water partition coefficient (Wildman–Crippen LogP) is 14.5. The standard InChI is InChI=1S/C49H84O6/c1-4-7-10-13-16-19-21-23-25-27-30-33-36-39-42-48(51)54-45-46(44-53-47(50)41-38-35-32-29-18-15-12-9-6-3)55-49(52)43-40-37-34-31-28-26-24-22-20-17-14-11-8-5-2/h9,12,18,25-29,35,38,46H,4-8,10-11,13-17,19-24,30-34,36-37,39-45H2,1-3H3/b12-9-,27-25-,28-26-,29-18-,38-35-. The Morgan fingerprint density at radius 3 is 1.25 bits per heavy atom. The van der Waals surface area contributed by atoms with Gasteiger partial charge in [0.05, 0.1) is 6.42 Å². The molecule has 0 aromatic carbocycles. The van der Waals surface area contributed by atoms with Gasteiger partial charge in [0.1, 0.15) is 13.2 Å². The maximum Gasteiger partial charge on any atom is 0.309 e. The van der Waals surface area contributed by atoms with Gasteiger partial charge in [-0.15, -0.1) is 0 Å². The van der Waals surface area contributed by atoms with Gasteiger partial charge >= 0.3 is 17.9 Å². The van der Waals surface area contributed by atoms with Gasteiger partial charge in [0.2, 0.25) is 0 Å². The third-order valence-corrected chi connectivity index (χ3v) is 9.51. The molecule has 0 aromatic heterocycles. The van der Waals surface area contributed by atoms with E-state index in [9.17, 15) is 14.4 Å². The molecule has 1 unspecified atom stereocenters. The average molecular weight is 769 g/mol. The molecule has 0 N–H and O–H groups in total. The van der Waals surface area contributed by atoms with E-state index in [-0.39, 0.29) is 38.0 Å². The van der Waals surface area contributed by atoms with Crippen molar-refractivity contribution in [3.05, 3.63) is 60.8 Å². The maximum atomic E-state index is 12.7.